The van der Waals surface area contributed by atoms with Crippen molar-refractivity contribution in [1.82, 2.24) is 4.98 Å². The highest BCUT2D eigenvalue weighted by molar-refractivity contribution is 6.17. The third-order valence-electron chi connectivity index (χ3n) is 2.54. The second-order valence-corrected chi connectivity index (χ2v) is 4.56. The largest absolute Gasteiger partial charge is 0.493 e. The van der Waals surface area contributed by atoms with Gasteiger partial charge in [-0.15, -0.1) is 11.6 Å². The Bertz CT molecular complexity index is 371. The van der Waals surface area contributed by atoms with Crippen LogP contribution in [0.3, 0.4) is 0 Å². The van der Waals surface area contributed by atoms with Gasteiger partial charge in [-0.2, -0.15) is 0 Å². The Morgan fingerprint density at radius 2 is 2.26 bits per heavy atom. The molecule has 0 fully saturated rings. The summed E-state index contributed by atoms with van der Waals surface area (Å²) in [7, 11) is 0. The number of carboxylic acid groups (broad SMARTS) is 1. The molecule has 0 spiro atoms. The van der Waals surface area contributed by atoms with Gasteiger partial charge in [-0.1, -0.05) is 13.8 Å². The third kappa shape index (κ3) is 8.43. The lowest BCUT2D eigenvalue weighted by Crippen LogP contribution is -2.06. The molecule has 1 N–H and O–H groups in total. The molecule has 5 heteroatoms. The second kappa shape index (κ2) is 10.6. The molecule has 0 aliphatic rings. The van der Waals surface area contributed by atoms with Crippen molar-refractivity contribution in [2.75, 3.05) is 12.5 Å². The molecule has 1 heterocycles. The van der Waals surface area contributed by atoms with Crippen LogP contribution in [-0.4, -0.2) is 28.5 Å². The van der Waals surface area contributed by atoms with Gasteiger partial charge in [-0.3, -0.25) is 9.78 Å². The predicted octanol–water partition coefficient (Wildman–Crippen LogP) is 3.51. The Kier molecular flexibility index (Phi) is 9.90. The number of aliphatic carboxylic acids is 1. The van der Waals surface area contributed by atoms with Crippen molar-refractivity contribution in [1.29, 1.82) is 0 Å². The summed E-state index contributed by atoms with van der Waals surface area (Å²) < 4.78 is 5.45. The van der Waals surface area contributed by atoms with Crippen molar-refractivity contribution in [2.24, 2.45) is 5.92 Å². The first kappa shape index (κ1) is 17.7. The molecule has 0 amide bonds. The van der Waals surface area contributed by atoms with Crippen LogP contribution in [0.4, 0.5) is 0 Å². The maximum Gasteiger partial charge on any atom is 0.306 e. The lowest BCUT2D eigenvalue weighted by atomic mass is 10.1. The fourth-order valence-corrected chi connectivity index (χ4v) is 1.14. The minimum Gasteiger partial charge on any atom is -0.493 e. The molecule has 4 nitrogen and oxygen atoms in total. The first-order valence-corrected chi connectivity index (χ1v) is 6.88. The van der Waals surface area contributed by atoms with Crippen molar-refractivity contribution in [2.45, 2.75) is 33.6 Å². The Labute approximate surface area is 119 Å². The quantitative estimate of drug-likeness (QED) is 0.642. The summed E-state index contributed by atoms with van der Waals surface area (Å²) >= 11 is 5.52. The highest BCUT2D eigenvalue weighted by Crippen LogP contribution is 2.14. The average Bonchev–Trinajstić information content (AvgIpc) is 2.41. The Morgan fingerprint density at radius 3 is 2.68 bits per heavy atom. The van der Waals surface area contributed by atoms with E-state index < -0.39 is 5.97 Å². The molecule has 1 aromatic heterocycles. The first-order valence-electron chi connectivity index (χ1n) is 6.35. The normalized spacial score (nSPS) is 11.2. The van der Waals surface area contributed by atoms with E-state index in [0.717, 1.165) is 24.2 Å². The van der Waals surface area contributed by atoms with Crippen LogP contribution in [0, 0.1) is 12.8 Å². The highest BCUT2D eigenvalue weighted by Gasteiger charge is 2.05. The minimum absolute atomic E-state index is 0.181. The SMILES string of the molecule is CCC(C)C(=O)O.Cc1cnccc1OCCCCl. The Hall–Kier alpha value is -1.29. The van der Waals surface area contributed by atoms with Crippen molar-refractivity contribution < 1.29 is 14.6 Å². The van der Waals surface area contributed by atoms with Gasteiger partial charge in [0.2, 0.25) is 0 Å². The summed E-state index contributed by atoms with van der Waals surface area (Å²) in [5.74, 6) is 0.655. The van der Waals surface area contributed by atoms with Crippen LogP contribution in [0.25, 0.3) is 0 Å². The lowest BCUT2D eigenvalue weighted by Gasteiger charge is -2.06. The number of hydrogen-bond acceptors (Lipinski definition) is 3. The summed E-state index contributed by atoms with van der Waals surface area (Å²) in [4.78, 5) is 13.9. The summed E-state index contributed by atoms with van der Waals surface area (Å²) in [5, 5.41) is 8.18. The zero-order valence-electron chi connectivity index (χ0n) is 11.7. The number of hydrogen-bond donors (Lipinski definition) is 1. The zero-order chi connectivity index (χ0) is 14.7. The van der Waals surface area contributed by atoms with Crippen LogP contribution in [-0.2, 0) is 4.79 Å². The number of rotatable bonds is 6. The van der Waals surface area contributed by atoms with E-state index in [2.05, 4.69) is 4.98 Å². The molecule has 0 saturated carbocycles. The molecule has 1 unspecified atom stereocenters. The second-order valence-electron chi connectivity index (χ2n) is 4.18. The highest BCUT2D eigenvalue weighted by atomic mass is 35.5. The molecule has 0 bridgehead atoms. The van der Waals surface area contributed by atoms with Crippen molar-refractivity contribution in [3.05, 3.63) is 24.0 Å². The van der Waals surface area contributed by atoms with Gasteiger partial charge in [0.15, 0.2) is 0 Å². The topological polar surface area (TPSA) is 59.4 Å². The van der Waals surface area contributed by atoms with E-state index in [1.807, 2.05) is 19.9 Å². The maximum absolute atomic E-state index is 9.93. The summed E-state index contributed by atoms with van der Waals surface area (Å²) in [6, 6.07) is 1.86. The summed E-state index contributed by atoms with van der Waals surface area (Å²) in [6.45, 7) is 6.21. The number of halogens is 1. The maximum atomic E-state index is 9.93. The molecule has 1 rings (SSSR count). The van der Waals surface area contributed by atoms with Crippen LogP contribution < -0.4 is 4.74 Å². The molecule has 108 valence electrons. The number of aryl methyl sites for hydroxylation is 1. The van der Waals surface area contributed by atoms with Gasteiger partial charge in [0.25, 0.3) is 0 Å². The lowest BCUT2D eigenvalue weighted by molar-refractivity contribution is -0.141. The number of ether oxygens (including phenoxy) is 1. The van der Waals surface area contributed by atoms with Crippen molar-refractivity contribution in [3.8, 4) is 5.75 Å². The first-order chi connectivity index (χ1) is 9.02. The van der Waals surface area contributed by atoms with Gasteiger partial charge in [-0.05, 0) is 25.8 Å². The summed E-state index contributed by atoms with van der Waals surface area (Å²) in [5.41, 5.74) is 1.06. The average molecular weight is 288 g/mol. The van der Waals surface area contributed by atoms with Crippen LogP contribution in [0.1, 0.15) is 32.3 Å². The fraction of sp³-hybridized carbons (Fsp3) is 0.571. The Morgan fingerprint density at radius 1 is 1.58 bits per heavy atom. The predicted molar refractivity (Wildman–Crippen MR) is 76.9 cm³/mol. The Balaban J connectivity index is 0.000000399. The molecule has 0 aliphatic heterocycles. The molecule has 1 aromatic rings. The molecule has 0 aliphatic carbocycles. The van der Waals surface area contributed by atoms with E-state index in [-0.39, 0.29) is 5.92 Å². The van der Waals surface area contributed by atoms with Gasteiger partial charge in [-0.25, -0.2) is 0 Å². The zero-order valence-corrected chi connectivity index (χ0v) is 12.5. The number of alkyl halides is 1. The van der Waals surface area contributed by atoms with Crippen LogP contribution >= 0.6 is 11.6 Å². The molecule has 0 aromatic carbocycles. The molecular formula is C14H22ClNO3. The molecule has 0 radical (unpaired) electrons. The number of pyridine rings is 1. The van der Waals surface area contributed by atoms with Gasteiger partial charge >= 0.3 is 5.97 Å². The molecule has 1 atom stereocenters. The third-order valence-corrected chi connectivity index (χ3v) is 2.81. The summed E-state index contributed by atoms with van der Waals surface area (Å²) in [6.07, 6.45) is 5.11. The smallest absolute Gasteiger partial charge is 0.306 e. The van der Waals surface area contributed by atoms with Gasteiger partial charge in [0.1, 0.15) is 5.75 Å². The number of nitrogens with zero attached hydrogens (tertiary/aromatic N) is 1. The molecule has 0 saturated heterocycles. The van der Waals surface area contributed by atoms with Crippen molar-refractivity contribution in [3.63, 3.8) is 0 Å². The monoisotopic (exact) mass is 287 g/mol. The fourth-order valence-electron chi connectivity index (χ4n) is 1.03. The van der Waals surface area contributed by atoms with Gasteiger partial charge in [0, 0.05) is 23.8 Å². The van der Waals surface area contributed by atoms with Crippen LogP contribution in [0.2, 0.25) is 0 Å². The van der Waals surface area contributed by atoms with E-state index in [1.54, 1.807) is 19.3 Å². The van der Waals surface area contributed by atoms with Crippen LogP contribution in [0.15, 0.2) is 18.5 Å². The number of aromatic nitrogens is 1. The molecular weight excluding hydrogens is 266 g/mol. The van der Waals surface area contributed by atoms with E-state index >= 15 is 0 Å². The van der Waals surface area contributed by atoms with E-state index in [4.69, 9.17) is 21.4 Å². The van der Waals surface area contributed by atoms with Gasteiger partial charge in [0.05, 0.1) is 12.5 Å². The van der Waals surface area contributed by atoms with Crippen molar-refractivity contribution >= 4 is 17.6 Å². The van der Waals surface area contributed by atoms with E-state index in [1.165, 1.54) is 0 Å². The number of carbonyl (C=O) groups is 1. The standard InChI is InChI=1S/C9H12ClNO.C5H10O2/c1-8-7-11-5-3-9(8)12-6-2-4-10;1-3-4(2)5(6)7/h3,5,7H,2,4,6H2,1H3;4H,3H2,1-2H3,(H,6,7). The minimum atomic E-state index is -0.706. The number of carboxylic acids is 1. The molecule has 19 heavy (non-hydrogen) atoms. The van der Waals surface area contributed by atoms with E-state index in [0.29, 0.717) is 12.5 Å². The van der Waals surface area contributed by atoms with E-state index in [9.17, 15) is 4.79 Å². The van der Waals surface area contributed by atoms with Crippen LogP contribution in [0.5, 0.6) is 5.75 Å². The van der Waals surface area contributed by atoms with Gasteiger partial charge < -0.3 is 9.84 Å².